The second-order valence-electron chi connectivity index (χ2n) is 9.65. The van der Waals surface area contributed by atoms with Gasteiger partial charge in [0.15, 0.2) is 8.32 Å². The first kappa shape index (κ1) is 20.3. The van der Waals surface area contributed by atoms with Crippen molar-refractivity contribution in [2.24, 2.45) is 17.8 Å². The van der Waals surface area contributed by atoms with Crippen LogP contribution in [0, 0.1) is 17.8 Å². The summed E-state index contributed by atoms with van der Waals surface area (Å²) in [7, 11) is -1.89. The van der Waals surface area contributed by atoms with E-state index < -0.39 is 8.32 Å². The summed E-state index contributed by atoms with van der Waals surface area (Å²) in [4.78, 5) is 24.5. The summed E-state index contributed by atoms with van der Waals surface area (Å²) in [5, 5.41) is 0.132. The number of benzene rings is 1. The van der Waals surface area contributed by atoms with Crippen LogP contribution in [0.4, 0.5) is 0 Å². The summed E-state index contributed by atoms with van der Waals surface area (Å²) in [5.74, 6) is 0.803. The Morgan fingerprint density at radius 3 is 2.44 bits per heavy atom. The van der Waals surface area contributed by atoms with Crippen LogP contribution in [0.3, 0.4) is 0 Å². The highest BCUT2D eigenvalue weighted by Gasteiger charge is 2.50. The molecule has 0 amide bonds. The molecule has 27 heavy (non-hydrogen) atoms. The van der Waals surface area contributed by atoms with Gasteiger partial charge in [-0.05, 0) is 48.5 Å². The summed E-state index contributed by atoms with van der Waals surface area (Å²) in [5.41, 5.74) is 0.578. The molecule has 0 aliphatic heterocycles. The molecule has 148 valence electrons. The Balaban J connectivity index is 1.72. The zero-order valence-electron chi connectivity index (χ0n) is 17.2. The lowest BCUT2D eigenvalue weighted by atomic mass is 9.92. The molecule has 0 N–H and O–H groups in total. The highest BCUT2D eigenvalue weighted by molar-refractivity contribution is 6.74. The maximum Gasteiger partial charge on any atom is 0.338 e. The molecule has 2 saturated carbocycles. The molecule has 0 bridgehead atoms. The first-order chi connectivity index (χ1) is 12.6. The van der Waals surface area contributed by atoms with Gasteiger partial charge in [0, 0.05) is 25.4 Å². The lowest BCUT2D eigenvalue weighted by Gasteiger charge is -2.38. The third-order valence-corrected chi connectivity index (χ3v) is 11.3. The van der Waals surface area contributed by atoms with Crippen LogP contribution in [0.1, 0.15) is 50.4 Å². The molecular formula is C22H32O4Si. The van der Waals surface area contributed by atoms with Gasteiger partial charge in [0.1, 0.15) is 11.9 Å². The normalized spacial score (nSPS) is 28.3. The van der Waals surface area contributed by atoms with E-state index in [1.165, 1.54) is 0 Å². The van der Waals surface area contributed by atoms with Gasteiger partial charge in [-0.25, -0.2) is 4.79 Å². The van der Waals surface area contributed by atoms with Gasteiger partial charge >= 0.3 is 5.97 Å². The fraction of sp³-hybridized carbons (Fsp3) is 0.636. The van der Waals surface area contributed by atoms with Crippen LogP contribution in [-0.4, -0.2) is 32.8 Å². The average Bonchev–Trinajstić information content (AvgIpc) is 3.08. The second kappa shape index (κ2) is 7.51. The topological polar surface area (TPSA) is 52.6 Å². The first-order valence-electron chi connectivity index (χ1n) is 10.00. The molecule has 2 aliphatic rings. The highest BCUT2D eigenvalue weighted by Crippen LogP contribution is 2.48. The largest absolute Gasteiger partial charge is 0.458 e. The summed E-state index contributed by atoms with van der Waals surface area (Å²) >= 11 is 0. The summed E-state index contributed by atoms with van der Waals surface area (Å²) in [6.07, 6.45) is 1.85. The van der Waals surface area contributed by atoms with E-state index in [-0.39, 0.29) is 28.9 Å². The third-order valence-electron chi connectivity index (χ3n) is 6.83. The van der Waals surface area contributed by atoms with E-state index in [9.17, 15) is 9.59 Å². The number of carbonyl (C=O) groups excluding carboxylic acids is 2. The molecule has 2 aliphatic carbocycles. The minimum absolute atomic E-state index is 0.114. The summed E-state index contributed by atoms with van der Waals surface area (Å²) in [6, 6.07) is 9.14. The van der Waals surface area contributed by atoms with Crippen LogP contribution < -0.4 is 0 Å². The van der Waals surface area contributed by atoms with Crippen molar-refractivity contribution in [3.05, 3.63) is 35.9 Å². The monoisotopic (exact) mass is 388 g/mol. The van der Waals surface area contributed by atoms with Gasteiger partial charge < -0.3 is 9.16 Å². The molecular weight excluding hydrogens is 356 g/mol. The van der Waals surface area contributed by atoms with Crippen molar-refractivity contribution < 1.29 is 18.8 Å². The zero-order valence-corrected chi connectivity index (χ0v) is 18.2. The Morgan fingerprint density at radius 2 is 1.81 bits per heavy atom. The molecule has 0 heterocycles. The Labute approximate surface area is 163 Å². The van der Waals surface area contributed by atoms with Gasteiger partial charge in [0.2, 0.25) is 0 Å². The van der Waals surface area contributed by atoms with Crippen molar-refractivity contribution >= 4 is 20.1 Å². The lowest BCUT2D eigenvalue weighted by Crippen LogP contribution is -2.43. The predicted octanol–water partition coefficient (Wildman–Crippen LogP) is 4.85. The Hall–Kier alpha value is -1.46. The number of esters is 1. The first-order valence-corrected chi connectivity index (χ1v) is 12.9. The standard InChI is InChI=1S/C22H32O4Si/c1-22(2,3)27(4,5)25-14-19-18-13-17(23)11-16(18)12-20(19)26-21(24)15-9-7-6-8-10-15/h6-10,16,18-20H,11-14H2,1-5H3/t16?,18-,19+,20+/m0/s1. The fourth-order valence-corrected chi connectivity index (χ4v) is 5.17. The SMILES string of the molecule is CC(C)(C)[Si](C)(C)OC[C@H]1[C@H](OC(=O)c2ccccc2)CC2CC(=O)C[C@@H]21. The molecule has 3 rings (SSSR count). The average molecular weight is 389 g/mol. The van der Waals surface area contributed by atoms with Gasteiger partial charge in [0.05, 0.1) is 5.56 Å². The number of rotatable bonds is 5. The van der Waals surface area contributed by atoms with Crippen molar-refractivity contribution in [2.45, 2.75) is 64.3 Å². The van der Waals surface area contributed by atoms with Crippen molar-refractivity contribution in [3.8, 4) is 0 Å². The number of Topliss-reactive ketones (excluding diaryl/α,β-unsaturated/α-hetero) is 1. The lowest BCUT2D eigenvalue weighted by molar-refractivity contribution is -0.118. The minimum Gasteiger partial charge on any atom is -0.458 e. The van der Waals surface area contributed by atoms with Gasteiger partial charge in [0.25, 0.3) is 0 Å². The maximum atomic E-state index is 12.6. The van der Waals surface area contributed by atoms with Crippen LogP contribution in [0.5, 0.6) is 0 Å². The number of fused-ring (bicyclic) bond motifs is 1. The van der Waals surface area contributed by atoms with Gasteiger partial charge in [-0.3, -0.25) is 4.79 Å². The number of ketones is 1. The molecule has 1 unspecified atom stereocenters. The van der Waals surface area contributed by atoms with E-state index in [1.54, 1.807) is 12.1 Å². The highest BCUT2D eigenvalue weighted by atomic mass is 28.4. The van der Waals surface area contributed by atoms with Gasteiger partial charge in [-0.15, -0.1) is 0 Å². The van der Waals surface area contributed by atoms with Crippen LogP contribution >= 0.6 is 0 Å². The summed E-state index contributed by atoms with van der Waals surface area (Å²) in [6.45, 7) is 11.7. The second-order valence-corrected chi connectivity index (χ2v) is 14.5. The molecule has 5 heteroatoms. The minimum atomic E-state index is -1.89. The van der Waals surface area contributed by atoms with E-state index in [1.807, 2.05) is 18.2 Å². The van der Waals surface area contributed by atoms with Crippen LogP contribution in [-0.2, 0) is 14.0 Å². The number of hydrogen-bond donors (Lipinski definition) is 0. The smallest absolute Gasteiger partial charge is 0.338 e. The molecule has 0 aromatic heterocycles. The maximum absolute atomic E-state index is 12.6. The van der Waals surface area contributed by atoms with Crippen molar-refractivity contribution in [1.29, 1.82) is 0 Å². The quantitative estimate of drug-likeness (QED) is 0.534. The Kier molecular flexibility index (Phi) is 5.64. The fourth-order valence-electron chi connectivity index (χ4n) is 4.13. The molecule has 1 aromatic carbocycles. The van der Waals surface area contributed by atoms with E-state index in [0.29, 0.717) is 36.7 Å². The zero-order chi connectivity index (χ0) is 19.8. The Bertz CT molecular complexity index is 692. The van der Waals surface area contributed by atoms with E-state index >= 15 is 0 Å². The molecule has 0 radical (unpaired) electrons. The predicted molar refractivity (Wildman–Crippen MR) is 108 cm³/mol. The van der Waals surface area contributed by atoms with E-state index in [4.69, 9.17) is 9.16 Å². The van der Waals surface area contributed by atoms with Crippen LogP contribution in [0.25, 0.3) is 0 Å². The summed E-state index contributed by atoms with van der Waals surface area (Å²) < 4.78 is 12.4. The number of hydrogen-bond acceptors (Lipinski definition) is 4. The molecule has 4 nitrogen and oxygen atoms in total. The van der Waals surface area contributed by atoms with Crippen molar-refractivity contribution in [1.82, 2.24) is 0 Å². The van der Waals surface area contributed by atoms with Crippen molar-refractivity contribution in [2.75, 3.05) is 6.61 Å². The van der Waals surface area contributed by atoms with Crippen molar-refractivity contribution in [3.63, 3.8) is 0 Å². The van der Waals surface area contributed by atoms with Gasteiger partial charge in [-0.2, -0.15) is 0 Å². The Morgan fingerprint density at radius 1 is 1.15 bits per heavy atom. The van der Waals surface area contributed by atoms with E-state index in [2.05, 4.69) is 33.9 Å². The van der Waals surface area contributed by atoms with Crippen LogP contribution in [0.15, 0.2) is 30.3 Å². The number of ether oxygens (including phenoxy) is 1. The van der Waals surface area contributed by atoms with Crippen LogP contribution in [0.2, 0.25) is 18.1 Å². The number of carbonyl (C=O) groups is 2. The molecule has 2 fully saturated rings. The molecule has 0 spiro atoms. The molecule has 1 aromatic rings. The van der Waals surface area contributed by atoms with E-state index in [0.717, 1.165) is 6.42 Å². The third kappa shape index (κ3) is 4.35. The molecule has 0 saturated heterocycles. The molecule has 4 atom stereocenters. The van der Waals surface area contributed by atoms with Gasteiger partial charge in [-0.1, -0.05) is 39.0 Å².